The van der Waals surface area contributed by atoms with E-state index in [0.29, 0.717) is 6.07 Å². The van der Waals surface area contributed by atoms with Crippen LogP contribution in [0.2, 0.25) is 0 Å². The van der Waals surface area contributed by atoms with Gasteiger partial charge in [0.1, 0.15) is 24.1 Å². The molecule has 19 heavy (non-hydrogen) atoms. The molecule has 0 fully saturated rings. The molecule has 1 aliphatic heterocycles. The summed E-state index contributed by atoms with van der Waals surface area (Å²) in [4.78, 5) is 3.62. The third kappa shape index (κ3) is 2.23. The molecule has 0 amide bonds. The summed E-state index contributed by atoms with van der Waals surface area (Å²) in [7, 11) is 0. The van der Waals surface area contributed by atoms with Crippen LogP contribution >= 0.6 is 0 Å². The second-order valence-corrected chi connectivity index (χ2v) is 4.17. The number of hydrogen-bond donors (Lipinski definition) is 2. The van der Waals surface area contributed by atoms with E-state index in [2.05, 4.69) is 4.99 Å². The maximum atomic E-state index is 13.8. The molecule has 0 saturated carbocycles. The number of alkyl halides is 2. The lowest BCUT2D eigenvalue weighted by Gasteiger charge is -2.33. The third-order valence-electron chi connectivity index (χ3n) is 2.83. The molecule has 2 rings (SSSR count). The number of ether oxygens (including phenoxy) is 1. The molecule has 0 saturated heterocycles. The Morgan fingerprint density at radius 1 is 1.21 bits per heavy atom. The van der Waals surface area contributed by atoms with Crippen molar-refractivity contribution in [3.05, 3.63) is 29.3 Å². The average molecular weight is 277 g/mol. The number of benzene rings is 1. The zero-order chi connectivity index (χ0) is 14.2. The maximum Gasteiger partial charge on any atom is 0.269 e. The van der Waals surface area contributed by atoms with E-state index in [0.717, 1.165) is 6.07 Å². The van der Waals surface area contributed by atoms with Gasteiger partial charge < -0.3 is 16.2 Å². The molecule has 0 radical (unpaired) electrons. The van der Waals surface area contributed by atoms with E-state index in [1.54, 1.807) is 0 Å². The molecule has 0 spiro atoms. The first-order valence-electron chi connectivity index (χ1n) is 5.32. The van der Waals surface area contributed by atoms with Gasteiger partial charge >= 0.3 is 0 Å². The van der Waals surface area contributed by atoms with Crippen molar-refractivity contribution >= 4 is 11.5 Å². The normalized spacial score (nSPS) is 23.5. The number of aliphatic imine (C=N–C) groups is 1. The van der Waals surface area contributed by atoms with E-state index in [1.165, 1.54) is 0 Å². The Kier molecular flexibility index (Phi) is 3.36. The number of nitrogens with zero attached hydrogens (tertiary/aromatic N) is 1. The van der Waals surface area contributed by atoms with Crippen LogP contribution in [0.15, 0.2) is 17.1 Å². The summed E-state index contributed by atoms with van der Waals surface area (Å²) in [6.07, 6.45) is -3.08. The SMILES string of the molecule is NC1=NC(c2cc(N)c(F)cc2F)(C(F)F)COC1. The summed E-state index contributed by atoms with van der Waals surface area (Å²) in [5.74, 6) is -2.39. The van der Waals surface area contributed by atoms with Crippen LogP contribution < -0.4 is 11.5 Å². The smallest absolute Gasteiger partial charge is 0.269 e. The number of rotatable bonds is 2. The minimum atomic E-state index is -3.08. The molecule has 4 nitrogen and oxygen atoms in total. The van der Waals surface area contributed by atoms with Gasteiger partial charge in [-0.15, -0.1) is 0 Å². The highest BCUT2D eigenvalue weighted by Crippen LogP contribution is 2.38. The fraction of sp³-hybridized carbons (Fsp3) is 0.364. The molecule has 1 aromatic rings. The standard InChI is InChI=1S/C11H11F4N3O/c12-6-2-7(13)8(16)1-5(6)11(10(14)15)4-19-3-9(17)18-11/h1-2,10H,3-4,16H2,(H2,17,18). The quantitative estimate of drug-likeness (QED) is 0.634. The van der Waals surface area contributed by atoms with Crippen LogP contribution in [0, 0.1) is 11.6 Å². The van der Waals surface area contributed by atoms with Gasteiger partial charge in [-0.2, -0.15) is 0 Å². The van der Waals surface area contributed by atoms with Gasteiger partial charge in [-0.1, -0.05) is 0 Å². The number of halogens is 4. The van der Waals surface area contributed by atoms with E-state index >= 15 is 0 Å². The van der Waals surface area contributed by atoms with Crippen LogP contribution in [0.3, 0.4) is 0 Å². The Morgan fingerprint density at radius 3 is 2.47 bits per heavy atom. The number of nitrogens with two attached hydrogens (primary N) is 2. The van der Waals surface area contributed by atoms with Gasteiger partial charge in [0.15, 0.2) is 5.54 Å². The first-order chi connectivity index (χ1) is 8.86. The number of nitrogen functional groups attached to an aromatic ring is 1. The highest BCUT2D eigenvalue weighted by atomic mass is 19.3. The summed E-state index contributed by atoms with van der Waals surface area (Å²) in [5, 5.41) is 0. The number of anilines is 1. The molecular formula is C11H11F4N3O. The van der Waals surface area contributed by atoms with E-state index in [1.807, 2.05) is 0 Å². The van der Waals surface area contributed by atoms with Crippen molar-refractivity contribution < 1.29 is 22.3 Å². The Labute approximate surface area is 106 Å². The van der Waals surface area contributed by atoms with Crippen LogP contribution in [-0.2, 0) is 10.3 Å². The van der Waals surface area contributed by atoms with E-state index in [-0.39, 0.29) is 12.4 Å². The molecule has 4 N–H and O–H groups in total. The van der Waals surface area contributed by atoms with Gasteiger partial charge in [0.05, 0.1) is 12.3 Å². The average Bonchev–Trinajstić information content (AvgIpc) is 2.33. The summed E-state index contributed by atoms with van der Waals surface area (Å²) < 4.78 is 58.3. The Hall–Kier alpha value is -1.83. The minimum Gasteiger partial charge on any atom is -0.396 e. The molecule has 104 valence electrons. The largest absolute Gasteiger partial charge is 0.396 e. The summed E-state index contributed by atoms with van der Waals surface area (Å²) in [5.41, 5.74) is 7.37. The Balaban J connectivity index is 2.64. The fourth-order valence-corrected chi connectivity index (χ4v) is 1.90. The molecule has 0 bridgehead atoms. The molecule has 1 heterocycles. The molecule has 8 heteroatoms. The summed E-state index contributed by atoms with van der Waals surface area (Å²) >= 11 is 0. The van der Waals surface area contributed by atoms with Crippen LogP contribution in [0.4, 0.5) is 23.2 Å². The number of hydrogen-bond acceptors (Lipinski definition) is 4. The lowest BCUT2D eigenvalue weighted by Crippen LogP contribution is -2.45. The number of amidine groups is 1. The van der Waals surface area contributed by atoms with Crippen LogP contribution in [0.25, 0.3) is 0 Å². The molecule has 0 aromatic heterocycles. The van der Waals surface area contributed by atoms with Crippen molar-refractivity contribution in [1.82, 2.24) is 0 Å². The van der Waals surface area contributed by atoms with E-state index < -0.39 is 41.5 Å². The van der Waals surface area contributed by atoms with Gasteiger partial charge in [-0.05, 0) is 6.07 Å². The zero-order valence-electron chi connectivity index (χ0n) is 9.67. The molecule has 1 aromatic carbocycles. The lowest BCUT2D eigenvalue weighted by atomic mass is 9.90. The second kappa shape index (κ2) is 4.69. The van der Waals surface area contributed by atoms with Crippen molar-refractivity contribution in [3.8, 4) is 0 Å². The Bertz CT molecular complexity index is 535. The van der Waals surface area contributed by atoms with E-state index in [9.17, 15) is 17.6 Å². The fourth-order valence-electron chi connectivity index (χ4n) is 1.90. The van der Waals surface area contributed by atoms with Crippen LogP contribution in [0.1, 0.15) is 5.56 Å². The maximum absolute atomic E-state index is 13.8. The minimum absolute atomic E-state index is 0.118. The predicted molar refractivity (Wildman–Crippen MR) is 60.9 cm³/mol. The van der Waals surface area contributed by atoms with Crippen molar-refractivity contribution in [3.63, 3.8) is 0 Å². The van der Waals surface area contributed by atoms with Crippen LogP contribution in [0.5, 0.6) is 0 Å². The first-order valence-corrected chi connectivity index (χ1v) is 5.32. The van der Waals surface area contributed by atoms with Crippen molar-refractivity contribution in [2.24, 2.45) is 10.7 Å². The Morgan fingerprint density at radius 2 is 1.89 bits per heavy atom. The first kappa shape index (κ1) is 13.6. The van der Waals surface area contributed by atoms with Gasteiger partial charge in [-0.25, -0.2) is 17.6 Å². The second-order valence-electron chi connectivity index (χ2n) is 4.17. The molecule has 1 atom stereocenters. The highest BCUT2D eigenvalue weighted by Gasteiger charge is 2.46. The van der Waals surface area contributed by atoms with E-state index in [4.69, 9.17) is 16.2 Å². The zero-order valence-corrected chi connectivity index (χ0v) is 9.67. The topological polar surface area (TPSA) is 73.6 Å². The highest BCUT2D eigenvalue weighted by molar-refractivity contribution is 5.82. The predicted octanol–water partition coefficient (Wildman–Crippen LogP) is 1.39. The third-order valence-corrected chi connectivity index (χ3v) is 2.83. The molecular weight excluding hydrogens is 266 g/mol. The molecule has 1 unspecified atom stereocenters. The van der Waals surface area contributed by atoms with Gasteiger partial charge in [-0.3, -0.25) is 4.99 Å². The van der Waals surface area contributed by atoms with Crippen molar-refractivity contribution in [2.45, 2.75) is 12.0 Å². The van der Waals surface area contributed by atoms with Gasteiger partial charge in [0, 0.05) is 11.6 Å². The lowest BCUT2D eigenvalue weighted by molar-refractivity contribution is -0.0146. The van der Waals surface area contributed by atoms with Crippen LogP contribution in [-0.4, -0.2) is 25.5 Å². The van der Waals surface area contributed by atoms with Gasteiger partial charge in [0.25, 0.3) is 6.43 Å². The van der Waals surface area contributed by atoms with Crippen molar-refractivity contribution in [1.29, 1.82) is 0 Å². The van der Waals surface area contributed by atoms with Crippen molar-refractivity contribution in [2.75, 3.05) is 18.9 Å². The van der Waals surface area contributed by atoms with Gasteiger partial charge in [0.2, 0.25) is 0 Å². The monoisotopic (exact) mass is 277 g/mol. The summed E-state index contributed by atoms with van der Waals surface area (Å²) in [6.45, 7) is -0.680. The summed E-state index contributed by atoms with van der Waals surface area (Å²) in [6, 6.07) is 1.23. The molecule has 0 aliphatic carbocycles. The molecule has 1 aliphatic rings.